The van der Waals surface area contributed by atoms with E-state index in [1.54, 1.807) is 24.0 Å². The predicted molar refractivity (Wildman–Crippen MR) is 129 cm³/mol. The van der Waals surface area contributed by atoms with Crippen LogP contribution in [0.3, 0.4) is 0 Å². The fraction of sp³-hybridized carbons (Fsp3) is 0.600. The molecule has 3 aliphatic rings. The second-order valence-electron chi connectivity index (χ2n) is 10.1. The lowest BCUT2D eigenvalue weighted by Crippen LogP contribution is -2.54. The Labute approximate surface area is 213 Å². The van der Waals surface area contributed by atoms with Crippen molar-refractivity contribution in [1.82, 2.24) is 15.1 Å². The number of aryl methyl sites for hydroxylation is 1. The summed E-state index contributed by atoms with van der Waals surface area (Å²) in [6, 6.07) is 2.75. The van der Waals surface area contributed by atoms with E-state index in [1.165, 1.54) is 9.80 Å². The lowest BCUT2D eigenvalue weighted by Gasteiger charge is -2.41. The molecule has 10 nitrogen and oxygen atoms in total. The number of carboxylic acid groups (broad SMARTS) is 1. The number of halogens is 2. The fourth-order valence-corrected chi connectivity index (χ4v) is 5.14. The normalized spacial score (nSPS) is 20.1. The third-order valence-electron chi connectivity index (χ3n) is 7.16. The van der Waals surface area contributed by atoms with Gasteiger partial charge in [0.25, 0.3) is 17.7 Å². The smallest absolute Gasteiger partial charge is 0.407 e. The van der Waals surface area contributed by atoms with Gasteiger partial charge in [-0.3, -0.25) is 14.4 Å². The number of alkyl halides is 2. The quantitative estimate of drug-likeness (QED) is 0.568. The highest BCUT2D eigenvalue weighted by molar-refractivity contribution is 6.06. The number of hydrogen-bond donors (Lipinski definition) is 2. The van der Waals surface area contributed by atoms with Crippen LogP contribution in [0.2, 0.25) is 0 Å². The molecule has 1 spiro atoms. The summed E-state index contributed by atoms with van der Waals surface area (Å²) in [6.45, 7) is 5.89. The number of benzene rings is 1. The molecule has 2 fully saturated rings. The Kier molecular flexibility index (Phi) is 7.29. The number of ether oxygens (including phenoxy) is 1. The minimum absolute atomic E-state index is 0.0593. The van der Waals surface area contributed by atoms with Crippen LogP contribution in [0.1, 0.15) is 55.5 Å². The highest BCUT2D eigenvalue weighted by Crippen LogP contribution is 2.50. The van der Waals surface area contributed by atoms with Crippen molar-refractivity contribution in [3.05, 3.63) is 23.3 Å². The number of nitrogens with zero attached hydrogens (tertiary/aromatic N) is 3. The molecule has 1 atom stereocenters. The molecule has 1 saturated carbocycles. The van der Waals surface area contributed by atoms with Crippen molar-refractivity contribution in [3.63, 3.8) is 0 Å². The van der Waals surface area contributed by atoms with E-state index in [-0.39, 0.29) is 43.5 Å². The largest absolute Gasteiger partial charge is 0.475 e. The van der Waals surface area contributed by atoms with E-state index in [0.717, 1.165) is 0 Å². The van der Waals surface area contributed by atoms with E-state index in [2.05, 4.69) is 5.32 Å². The highest BCUT2D eigenvalue weighted by Gasteiger charge is 2.58. The zero-order valence-electron chi connectivity index (χ0n) is 21.1. The van der Waals surface area contributed by atoms with Crippen LogP contribution < -0.4 is 15.0 Å². The van der Waals surface area contributed by atoms with Gasteiger partial charge in [-0.15, -0.1) is 0 Å². The Hall–Kier alpha value is -3.44. The number of rotatable bonds is 7. The molecule has 0 aromatic heterocycles. The topological polar surface area (TPSA) is 119 Å². The lowest BCUT2D eigenvalue weighted by molar-refractivity contribution is -0.132. The van der Waals surface area contributed by atoms with Crippen molar-refractivity contribution in [1.29, 1.82) is 0 Å². The summed E-state index contributed by atoms with van der Waals surface area (Å²) in [5, 5.41) is 11.6. The SMILES string of the molecule is Cc1cc2c(cc1C(=O)N(C(C)C)[C@@H]1CCCN(C(=O)O)C1)N(CCNC(=O)C(F)F)C(=O)C1(CC1)O2. The summed E-state index contributed by atoms with van der Waals surface area (Å²) in [7, 11) is 0. The average Bonchev–Trinajstić information content (AvgIpc) is 3.61. The third-order valence-corrected chi connectivity index (χ3v) is 7.16. The predicted octanol–water partition coefficient (Wildman–Crippen LogP) is 2.63. The van der Waals surface area contributed by atoms with Gasteiger partial charge in [0.05, 0.1) is 11.7 Å². The molecule has 202 valence electrons. The first-order valence-corrected chi connectivity index (χ1v) is 12.5. The van der Waals surface area contributed by atoms with Gasteiger partial charge in [0, 0.05) is 50.6 Å². The summed E-state index contributed by atoms with van der Waals surface area (Å²) in [5.74, 6) is -1.63. The molecular weight excluding hydrogens is 490 g/mol. The van der Waals surface area contributed by atoms with Crippen molar-refractivity contribution in [2.45, 2.75) is 70.6 Å². The molecule has 2 N–H and O–H groups in total. The van der Waals surface area contributed by atoms with Crippen LogP contribution >= 0.6 is 0 Å². The van der Waals surface area contributed by atoms with Crippen LogP contribution in [-0.4, -0.2) is 89.0 Å². The van der Waals surface area contributed by atoms with Gasteiger partial charge in [-0.1, -0.05) is 0 Å². The number of amides is 4. The maximum absolute atomic E-state index is 13.9. The van der Waals surface area contributed by atoms with Crippen LogP contribution in [0.15, 0.2) is 12.1 Å². The van der Waals surface area contributed by atoms with Gasteiger partial charge in [0.2, 0.25) is 0 Å². The van der Waals surface area contributed by atoms with Gasteiger partial charge < -0.3 is 29.9 Å². The molecule has 0 radical (unpaired) electrons. The number of fused-ring (bicyclic) bond motifs is 1. The van der Waals surface area contributed by atoms with Gasteiger partial charge in [-0.2, -0.15) is 8.78 Å². The van der Waals surface area contributed by atoms with Crippen LogP contribution in [-0.2, 0) is 9.59 Å². The van der Waals surface area contributed by atoms with E-state index in [0.29, 0.717) is 54.8 Å². The molecule has 1 aliphatic carbocycles. The second-order valence-corrected chi connectivity index (χ2v) is 10.1. The highest BCUT2D eigenvalue weighted by atomic mass is 19.3. The maximum atomic E-state index is 13.9. The lowest BCUT2D eigenvalue weighted by atomic mass is 9.98. The standard InChI is InChI=1S/C25H32F2N4O6/c1-14(2)31(16-5-4-9-29(13-16)24(35)36)22(33)17-12-18-19(11-15(17)3)37-25(6-7-25)23(34)30(18)10-8-28-21(32)20(26)27/h11-12,14,16,20H,4-10,13H2,1-3H3,(H,28,32)(H,35,36)/t16-/m1/s1. The van der Waals surface area contributed by atoms with E-state index < -0.39 is 24.0 Å². The molecule has 4 amide bonds. The Morgan fingerprint density at radius 2 is 1.97 bits per heavy atom. The summed E-state index contributed by atoms with van der Waals surface area (Å²) in [4.78, 5) is 54.3. The first-order chi connectivity index (χ1) is 17.4. The van der Waals surface area contributed by atoms with Crippen molar-refractivity contribution in [2.24, 2.45) is 0 Å². The molecule has 1 saturated heterocycles. The Morgan fingerprint density at radius 1 is 1.27 bits per heavy atom. The van der Waals surface area contributed by atoms with E-state index in [1.807, 2.05) is 13.8 Å². The molecule has 0 bridgehead atoms. The van der Waals surface area contributed by atoms with Gasteiger partial charge in [0.15, 0.2) is 5.60 Å². The summed E-state index contributed by atoms with van der Waals surface area (Å²) in [6.07, 6.45) is -1.84. The number of nitrogens with one attached hydrogen (secondary N) is 1. The van der Waals surface area contributed by atoms with Gasteiger partial charge in [-0.25, -0.2) is 4.79 Å². The Balaban J connectivity index is 1.64. The minimum atomic E-state index is -3.16. The molecule has 4 rings (SSSR count). The molecule has 12 heteroatoms. The molecule has 1 aromatic carbocycles. The van der Waals surface area contributed by atoms with E-state index in [9.17, 15) is 33.1 Å². The van der Waals surface area contributed by atoms with Gasteiger partial charge in [-0.05, 0) is 51.3 Å². The summed E-state index contributed by atoms with van der Waals surface area (Å²) in [5.41, 5.74) is 0.313. The molecule has 2 aliphatic heterocycles. The van der Waals surface area contributed by atoms with Crippen LogP contribution in [0.4, 0.5) is 19.3 Å². The van der Waals surface area contributed by atoms with Crippen LogP contribution in [0, 0.1) is 6.92 Å². The van der Waals surface area contributed by atoms with E-state index in [4.69, 9.17) is 4.74 Å². The first kappa shape index (κ1) is 26.6. The number of anilines is 1. The Morgan fingerprint density at radius 3 is 2.57 bits per heavy atom. The summed E-state index contributed by atoms with van der Waals surface area (Å²) >= 11 is 0. The monoisotopic (exact) mass is 522 g/mol. The maximum Gasteiger partial charge on any atom is 0.407 e. The third kappa shape index (κ3) is 5.19. The molecular formula is C25H32F2N4O6. The van der Waals surface area contributed by atoms with Crippen molar-refractivity contribution in [3.8, 4) is 5.75 Å². The van der Waals surface area contributed by atoms with E-state index >= 15 is 0 Å². The van der Waals surface area contributed by atoms with Gasteiger partial charge >= 0.3 is 12.5 Å². The van der Waals surface area contributed by atoms with Crippen molar-refractivity contribution < 1.29 is 37.8 Å². The molecule has 1 aromatic rings. The average molecular weight is 523 g/mol. The molecule has 2 heterocycles. The van der Waals surface area contributed by atoms with Gasteiger partial charge in [0.1, 0.15) is 5.75 Å². The minimum Gasteiger partial charge on any atom is -0.475 e. The fourth-order valence-electron chi connectivity index (χ4n) is 5.14. The number of carbonyl (C=O) groups is 4. The molecule has 0 unspecified atom stereocenters. The number of likely N-dealkylation sites (tertiary alicyclic amines) is 1. The van der Waals surface area contributed by atoms with Crippen molar-refractivity contribution in [2.75, 3.05) is 31.1 Å². The molecule has 37 heavy (non-hydrogen) atoms. The Bertz CT molecular complexity index is 1110. The zero-order chi connectivity index (χ0) is 27.1. The van der Waals surface area contributed by atoms with Crippen LogP contribution in [0.25, 0.3) is 0 Å². The van der Waals surface area contributed by atoms with Crippen LogP contribution in [0.5, 0.6) is 5.75 Å². The number of carbonyl (C=O) groups excluding carboxylic acids is 3. The number of piperidine rings is 1. The van der Waals surface area contributed by atoms with Crippen molar-refractivity contribution >= 4 is 29.5 Å². The summed E-state index contributed by atoms with van der Waals surface area (Å²) < 4.78 is 31.2. The zero-order valence-corrected chi connectivity index (χ0v) is 21.1. The first-order valence-electron chi connectivity index (χ1n) is 12.5. The number of hydrogen-bond acceptors (Lipinski definition) is 5. The second kappa shape index (κ2) is 10.1.